The second kappa shape index (κ2) is 10.2. The van der Waals surface area contributed by atoms with E-state index >= 15 is 0 Å². The minimum atomic E-state index is -1.14. The molecule has 6 nitrogen and oxygen atoms in total. The maximum Gasteiger partial charge on any atom is 0.330 e. The van der Waals surface area contributed by atoms with Gasteiger partial charge in [0.25, 0.3) is 0 Å². The van der Waals surface area contributed by atoms with E-state index in [4.69, 9.17) is 9.47 Å². The summed E-state index contributed by atoms with van der Waals surface area (Å²) in [6.07, 6.45) is 1.35. The molecule has 3 aromatic rings. The Morgan fingerprint density at radius 1 is 1.03 bits per heavy atom. The molecule has 1 saturated carbocycles. The molecule has 1 N–H and O–H groups in total. The Labute approximate surface area is 194 Å². The van der Waals surface area contributed by atoms with Gasteiger partial charge < -0.3 is 14.8 Å². The van der Waals surface area contributed by atoms with Crippen LogP contribution >= 0.6 is 0 Å². The average molecular weight is 442 g/mol. The zero-order valence-corrected chi connectivity index (χ0v) is 18.8. The predicted octanol–water partition coefficient (Wildman–Crippen LogP) is 6.00. The van der Waals surface area contributed by atoms with Crippen molar-refractivity contribution in [3.63, 3.8) is 0 Å². The SMILES string of the molecule is CC(C)C(Nc1ccc(C2CC2)cc1)C(=O)OC(C#N)c1cccc(Oc2ccccc2)n1. The Kier molecular flexibility index (Phi) is 6.89. The highest BCUT2D eigenvalue weighted by Crippen LogP contribution is 2.40. The molecule has 33 heavy (non-hydrogen) atoms. The highest BCUT2D eigenvalue weighted by Gasteiger charge is 2.28. The van der Waals surface area contributed by atoms with Gasteiger partial charge >= 0.3 is 5.97 Å². The number of para-hydroxylation sites is 1. The largest absolute Gasteiger partial charge is 0.439 e. The molecule has 1 aromatic heterocycles. The number of rotatable bonds is 9. The van der Waals surface area contributed by atoms with Crippen LogP contribution in [0.5, 0.6) is 11.6 Å². The van der Waals surface area contributed by atoms with Crippen molar-refractivity contribution < 1.29 is 14.3 Å². The number of esters is 1. The lowest BCUT2D eigenvalue weighted by atomic mass is 10.0. The van der Waals surface area contributed by atoms with Crippen molar-refractivity contribution in [2.75, 3.05) is 5.32 Å². The molecule has 2 atom stereocenters. The standard InChI is InChI=1S/C27H27N3O3/c1-18(2)26(29-21-15-13-20(14-16-21)19-11-12-19)27(31)33-24(17-28)23-9-6-10-25(30-23)32-22-7-4-3-5-8-22/h3-10,13-16,18-19,24,26,29H,11-12H2,1-2H3. The number of nitriles is 1. The van der Waals surface area contributed by atoms with E-state index in [1.807, 2.05) is 62.4 Å². The Balaban J connectivity index is 1.44. The van der Waals surface area contributed by atoms with E-state index in [0.29, 0.717) is 23.2 Å². The van der Waals surface area contributed by atoms with E-state index < -0.39 is 18.1 Å². The fourth-order valence-corrected chi connectivity index (χ4v) is 3.53. The first-order valence-corrected chi connectivity index (χ1v) is 11.2. The number of anilines is 1. The van der Waals surface area contributed by atoms with E-state index in [1.54, 1.807) is 18.2 Å². The van der Waals surface area contributed by atoms with Crippen LogP contribution in [0.2, 0.25) is 0 Å². The van der Waals surface area contributed by atoms with Crippen LogP contribution in [0.25, 0.3) is 0 Å². The lowest BCUT2D eigenvalue weighted by Crippen LogP contribution is -2.36. The second-order valence-electron chi connectivity index (χ2n) is 8.52. The van der Waals surface area contributed by atoms with Crippen LogP contribution in [-0.2, 0) is 9.53 Å². The molecule has 0 radical (unpaired) electrons. The normalized spacial score (nSPS) is 14.7. The van der Waals surface area contributed by atoms with Crippen LogP contribution < -0.4 is 10.1 Å². The summed E-state index contributed by atoms with van der Waals surface area (Å²) in [5, 5.41) is 12.9. The molecular weight excluding hydrogens is 414 g/mol. The summed E-state index contributed by atoms with van der Waals surface area (Å²) in [6.45, 7) is 3.87. The zero-order valence-electron chi connectivity index (χ0n) is 18.8. The lowest BCUT2D eigenvalue weighted by molar-refractivity contribution is -0.149. The first-order chi connectivity index (χ1) is 16.0. The topological polar surface area (TPSA) is 84.2 Å². The fourth-order valence-electron chi connectivity index (χ4n) is 3.53. The summed E-state index contributed by atoms with van der Waals surface area (Å²) in [6, 6.07) is 23.9. The Morgan fingerprint density at radius 3 is 2.39 bits per heavy atom. The number of nitrogens with zero attached hydrogens (tertiary/aromatic N) is 2. The second-order valence-corrected chi connectivity index (χ2v) is 8.52. The molecule has 1 aliphatic carbocycles. The van der Waals surface area contributed by atoms with Crippen molar-refractivity contribution >= 4 is 11.7 Å². The van der Waals surface area contributed by atoms with Crippen LogP contribution in [0.4, 0.5) is 5.69 Å². The van der Waals surface area contributed by atoms with E-state index in [-0.39, 0.29) is 5.92 Å². The highest BCUT2D eigenvalue weighted by molar-refractivity contribution is 5.80. The molecule has 0 saturated heterocycles. The van der Waals surface area contributed by atoms with Gasteiger partial charge in [-0.05, 0) is 60.6 Å². The lowest BCUT2D eigenvalue weighted by Gasteiger charge is -2.23. The van der Waals surface area contributed by atoms with Gasteiger partial charge in [0, 0.05) is 11.8 Å². The molecule has 2 unspecified atom stereocenters. The molecule has 6 heteroatoms. The Bertz CT molecular complexity index is 1120. The van der Waals surface area contributed by atoms with E-state index in [2.05, 4.69) is 22.4 Å². The molecule has 0 aliphatic heterocycles. The van der Waals surface area contributed by atoms with Gasteiger partial charge in [0.05, 0.1) is 5.69 Å². The summed E-state index contributed by atoms with van der Waals surface area (Å²) in [4.78, 5) is 17.4. The van der Waals surface area contributed by atoms with Crippen molar-refractivity contribution in [1.29, 1.82) is 5.26 Å². The third-order valence-corrected chi connectivity index (χ3v) is 5.53. The smallest absolute Gasteiger partial charge is 0.330 e. The van der Waals surface area contributed by atoms with Gasteiger partial charge in [-0.25, -0.2) is 9.78 Å². The van der Waals surface area contributed by atoms with Gasteiger partial charge in [-0.3, -0.25) is 0 Å². The highest BCUT2D eigenvalue weighted by atomic mass is 16.5. The van der Waals surface area contributed by atoms with Crippen LogP contribution in [0.15, 0.2) is 72.8 Å². The molecule has 4 rings (SSSR count). The van der Waals surface area contributed by atoms with Gasteiger partial charge in [-0.15, -0.1) is 0 Å². The first kappa shape index (κ1) is 22.3. The molecule has 1 fully saturated rings. The van der Waals surface area contributed by atoms with Gasteiger partial charge in [0.15, 0.2) is 0 Å². The molecule has 1 heterocycles. The number of ether oxygens (including phenoxy) is 2. The van der Waals surface area contributed by atoms with Crippen LogP contribution in [0.1, 0.15) is 50.0 Å². The monoisotopic (exact) mass is 441 g/mol. The van der Waals surface area contributed by atoms with E-state index in [1.165, 1.54) is 18.4 Å². The van der Waals surface area contributed by atoms with Crippen LogP contribution in [-0.4, -0.2) is 17.0 Å². The number of hydrogen-bond donors (Lipinski definition) is 1. The number of nitrogens with one attached hydrogen (secondary N) is 1. The van der Waals surface area contributed by atoms with Gasteiger partial charge in [-0.2, -0.15) is 5.26 Å². The summed E-state index contributed by atoms with van der Waals surface area (Å²) < 4.78 is 11.3. The van der Waals surface area contributed by atoms with E-state index in [0.717, 1.165) is 5.69 Å². The maximum atomic E-state index is 13.0. The molecule has 0 spiro atoms. The van der Waals surface area contributed by atoms with E-state index in [9.17, 15) is 10.1 Å². The van der Waals surface area contributed by atoms with Crippen molar-refractivity contribution in [1.82, 2.24) is 4.98 Å². The Morgan fingerprint density at radius 2 is 1.76 bits per heavy atom. The molecule has 0 bridgehead atoms. The molecular formula is C27H27N3O3. The predicted molar refractivity (Wildman–Crippen MR) is 126 cm³/mol. The van der Waals surface area contributed by atoms with Crippen molar-refractivity contribution in [3.8, 4) is 17.7 Å². The van der Waals surface area contributed by atoms with Crippen molar-refractivity contribution in [2.24, 2.45) is 5.92 Å². The summed E-state index contributed by atoms with van der Waals surface area (Å²) in [7, 11) is 0. The number of benzene rings is 2. The minimum Gasteiger partial charge on any atom is -0.439 e. The summed E-state index contributed by atoms with van der Waals surface area (Å²) in [5.41, 5.74) is 2.49. The maximum absolute atomic E-state index is 13.0. The quantitative estimate of drug-likeness (QED) is 0.410. The van der Waals surface area contributed by atoms with Gasteiger partial charge in [0.2, 0.25) is 12.0 Å². The number of hydrogen-bond acceptors (Lipinski definition) is 6. The number of carbonyl (C=O) groups is 1. The summed E-state index contributed by atoms with van der Waals surface area (Å²) in [5.74, 6) is 1.09. The van der Waals surface area contributed by atoms with Crippen LogP contribution in [0.3, 0.4) is 0 Å². The van der Waals surface area contributed by atoms with Gasteiger partial charge in [-0.1, -0.05) is 50.2 Å². The third-order valence-electron chi connectivity index (χ3n) is 5.53. The Hall–Kier alpha value is -3.85. The zero-order chi connectivity index (χ0) is 23.2. The average Bonchev–Trinajstić information content (AvgIpc) is 3.67. The summed E-state index contributed by atoms with van der Waals surface area (Å²) >= 11 is 0. The van der Waals surface area contributed by atoms with Crippen molar-refractivity contribution in [2.45, 2.75) is 44.8 Å². The minimum absolute atomic E-state index is 0.0411. The molecule has 2 aromatic carbocycles. The molecule has 0 amide bonds. The molecule has 1 aliphatic rings. The van der Waals surface area contributed by atoms with Gasteiger partial charge in [0.1, 0.15) is 17.9 Å². The first-order valence-electron chi connectivity index (χ1n) is 11.2. The molecule has 168 valence electrons. The number of pyridine rings is 1. The third kappa shape index (κ3) is 5.89. The van der Waals surface area contributed by atoms with Crippen molar-refractivity contribution in [3.05, 3.63) is 84.1 Å². The van der Waals surface area contributed by atoms with Crippen LogP contribution in [0, 0.1) is 17.2 Å². The number of aromatic nitrogens is 1. The number of carbonyl (C=O) groups excluding carboxylic acids is 1. The fraction of sp³-hybridized carbons (Fsp3) is 0.296.